The van der Waals surface area contributed by atoms with Gasteiger partial charge in [0.1, 0.15) is 6.10 Å². The van der Waals surface area contributed by atoms with Gasteiger partial charge in [-0.2, -0.15) is 0 Å². The van der Waals surface area contributed by atoms with Crippen molar-refractivity contribution in [2.45, 2.75) is 24.4 Å². The van der Waals surface area contributed by atoms with Crippen LogP contribution in [0.2, 0.25) is 0 Å². The van der Waals surface area contributed by atoms with Gasteiger partial charge < -0.3 is 30.3 Å². The van der Waals surface area contributed by atoms with E-state index in [2.05, 4.69) is 4.74 Å². The molecule has 0 spiro atoms. The maximum absolute atomic E-state index is 9.11. The van der Waals surface area contributed by atoms with Gasteiger partial charge in [-0.3, -0.25) is 0 Å². The number of hydrogen-bond donors (Lipinski definition) is 5. The standard InChI is InChI=1S/C6H11O6.Ce/c7-1-2-3(8)4(9)5(10)6(11)12-2;/h2-5,7-11H,1H2;/q-1;/t2-,3+,4+,5-;/m1./s1. The third kappa shape index (κ3) is 3.04. The van der Waals surface area contributed by atoms with Crippen LogP contribution in [-0.4, -0.2) is 56.6 Å². The first-order chi connectivity index (χ1) is 5.57. The van der Waals surface area contributed by atoms with Crippen molar-refractivity contribution in [3.05, 3.63) is 6.29 Å². The first-order valence-corrected chi connectivity index (χ1v) is 3.45. The van der Waals surface area contributed by atoms with Gasteiger partial charge in [-0.15, -0.1) is 0 Å². The van der Waals surface area contributed by atoms with Crippen molar-refractivity contribution < 1.29 is 72.0 Å². The van der Waals surface area contributed by atoms with E-state index in [1.165, 1.54) is 0 Å². The summed E-state index contributed by atoms with van der Waals surface area (Å²) < 4.78 is 4.49. The zero-order valence-corrected chi connectivity index (χ0v) is 9.80. The van der Waals surface area contributed by atoms with E-state index in [9.17, 15) is 0 Å². The van der Waals surface area contributed by atoms with E-state index in [-0.39, 0.29) is 41.7 Å². The van der Waals surface area contributed by atoms with Crippen molar-refractivity contribution in [1.29, 1.82) is 0 Å². The summed E-state index contributed by atoms with van der Waals surface area (Å²) in [5, 5.41) is 44.5. The normalized spacial score (nSPS) is 41.3. The largest absolute Gasteiger partial charge is 0.533 e. The molecule has 0 aromatic rings. The summed E-state index contributed by atoms with van der Waals surface area (Å²) in [7, 11) is 0. The van der Waals surface area contributed by atoms with Crippen LogP contribution in [0.5, 0.6) is 0 Å². The molecule has 6 nitrogen and oxygen atoms in total. The summed E-state index contributed by atoms with van der Waals surface area (Å²) in [4.78, 5) is 0. The Morgan fingerprint density at radius 3 is 2.15 bits per heavy atom. The fourth-order valence-corrected chi connectivity index (χ4v) is 0.993. The maximum Gasteiger partial charge on any atom is 0.105 e. The molecule has 0 aliphatic carbocycles. The van der Waals surface area contributed by atoms with Gasteiger partial charge in [-0.05, 0) is 0 Å². The molecule has 1 aliphatic heterocycles. The van der Waals surface area contributed by atoms with Crippen molar-refractivity contribution >= 4 is 0 Å². The molecule has 1 saturated heterocycles. The number of rotatable bonds is 1. The molecular formula is C6H11CeO6-. The van der Waals surface area contributed by atoms with Crippen LogP contribution in [0.3, 0.4) is 0 Å². The minimum absolute atomic E-state index is 0. The summed E-state index contributed by atoms with van der Waals surface area (Å²) in [6.45, 7) is -0.547. The van der Waals surface area contributed by atoms with Crippen LogP contribution in [0.1, 0.15) is 0 Å². The molecule has 0 saturated carbocycles. The van der Waals surface area contributed by atoms with Crippen molar-refractivity contribution in [2.24, 2.45) is 0 Å². The number of aliphatic hydroxyl groups is 5. The minimum atomic E-state index is -1.62. The number of hydrogen-bond acceptors (Lipinski definition) is 6. The Hall–Kier alpha value is 1.14. The van der Waals surface area contributed by atoms with Crippen molar-refractivity contribution in [1.82, 2.24) is 0 Å². The summed E-state index contributed by atoms with van der Waals surface area (Å²) in [5.41, 5.74) is 0. The molecule has 0 aromatic heterocycles. The first kappa shape index (κ1) is 14.1. The fourth-order valence-electron chi connectivity index (χ4n) is 0.993. The Morgan fingerprint density at radius 2 is 1.69 bits per heavy atom. The van der Waals surface area contributed by atoms with Gasteiger partial charge in [0.25, 0.3) is 0 Å². The quantitative estimate of drug-likeness (QED) is 0.337. The summed E-state index contributed by atoms with van der Waals surface area (Å²) in [5.74, 6) is 0. The predicted octanol–water partition coefficient (Wildman–Crippen LogP) is -2.68. The summed E-state index contributed by atoms with van der Waals surface area (Å²) in [6.07, 6.45) is -6.44. The monoisotopic (exact) mass is 319 g/mol. The molecule has 0 amide bonds. The van der Waals surface area contributed by atoms with Crippen LogP contribution < -0.4 is 0 Å². The molecular weight excluding hydrogens is 308 g/mol. The zero-order chi connectivity index (χ0) is 9.30. The minimum Gasteiger partial charge on any atom is -0.533 e. The maximum atomic E-state index is 9.11. The van der Waals surface area contributed by atoms with E-state index in [0.29, 0.717) is 0 Å². The van der Waals surface area contributed by atoms with Crippen LogP contribution in [0.4, 0.5) is 0 Å². The van der Waals surface area contributed by atoms with Crippen molar-refractivity contribution in [3.63, 3.8) is 0 Å². The van der Waals surface area contributed by atoms with Gasteiger partial charge in [0.15, 0.2) is 0 Å². The Bertz CT molecular complexity index is 151. The van der Waals surface area contributed by atoms with E-state index in [1.807, 2.05) is 0 Å². The molecule has 0 unspecified atom stereocenters. The molecule has 76 valence electrons. The number of ether oxygens (including phenoxy) is 1. The molecule has 7 heteroatoms. The van der Waals surface area contributed by atoms with Crippen LogP contribution in [0, 0.1) is 48.0 Å². The van der Waals surface area contributed by atoms with Gasteiger partial charge in [0.2, 0.25) is 0 Å². The topological polar surface area (TPSA) is 110 Å². The Labute approximate surface area is 109 Å². The molecule has 5 N–H and O–H groups in total. The van der Waals surface area contributed by atoms with Crippen molar-refractivity contribution in [3.8, 4) is 0 Å². The van der Waals surface area contributed by atoms with E-state index in [0.717, 1.165) is 0 Å². The predicted molar refractivity (Wildman–Crippen MR) is 35.2 cm³/mol. The summed E-state index contributed by atoms with van der Waals surface area (Å²) >= 11 is 0. The second kappa shape index (κ2) is 5.88. The molecule has 13 heavy (non-hydrogen) atoms. The van der Waals surface area contributed by atoms with Gasteiger partial charge >= 0.3 is 0 Å². The van der Waals surface area contributed by atoms with Gasteiger partial charge in [0.05, 0.1) is 18.8 Å². The Balaban J connectivity index is 0.00000144. The van der Waals surface area contributed by atoms with Gasteiger partial charge in [-0.25, -0.2) is 0 Å². The zero-order valence-electron chi connectivity index (χ0n) is 6.66. The van der Waals surface area contributed by atoms with E-state index in [1.54, 1.807) is 0 Å². The first-order valence-electron chi connectivity index (χ1n) is 3.45. The molecule has 1 fully saturated rings. The molecule has 0 bridgehead atoms. The van der Waals surface area contributed by atoms with Gasteiger partial charge in [-0.1, -0.05) is 6.29 Å². The van der Waals surface area contributed by atoms with E-state index >= 15 is 0 Å². The molecule has 1 rings (SSSR count). The Kier molecular flexibility index (Phi) is 6.40. The third-order valence-corrected chi connectivity index (χ3v) is 1.76. The Morgan fingerprint density at radius 1 is 1.15 bits per heavy atom. The summed E-state index contributed by atoms with van der Waals surface area (Å²) in [6, 6.07) is 0. The molecule has 4 atom stereocenters. The second-order valence-electron chi connectivity index (χ2n) is 2.60. The van der Waals surface area contributed by atoms with Crippen LogP contribution >= 0.6 is 0 Å². The van der Waals surface area contributed by atoms with Crippen molar-refractivity contribution in [2.75, 3.05) is 6.61 Å². The second-order valence-corrected chi connectivity index (χ2v) is 2.60. The average molecular weight is 319 g/mol. The van der Waals surface area contributed by atoms with Gasteiger partial charge in [0, 0.05) is 47.9 Å². The third-order valence-electron chi connectivity index (χ3n) is 1.76. The van der Waals surface area contributed by atoms with Crippen LogP contribution in [0.25, 0.3) is 0 Å². The fraction of sp³-hybridized carbons (Fsp3) is 0.833. The molecule has 1 heterocycles. The molecule has 0 radical (unpaired) electrons. The SMILES string of the molecule is OC[C@H]1O[C-](O)[C@H](O)[C@@H](O)[C@H]1O.[Ce]. The molecule has 0 aromatic carbocycles. The number of aliphatic hydroxyl groups excluding tert-OH is 5. The van der Waals surface area contributed by atoms with Crippen LogP contribution in [-0.2, 0) is 4.74 Å². The smallest absolute Gasteiger partial charge is 0.105 e. The van der Waals surface area contributed by atoms with E-state index in [4.69, 9.17) is 25.5 Å². The van der Waals surface area contributed by atoms with E-state index < -0.39 is 37.3 Å². The average Bonchev–Trinajstić information content (AvgIpc) is 2.08. The van der Waals surface area contributed by atoms with Crippen LogP contribution in [0.15, 0.2) is 0 Å². The molecule has 1 aliphatic rings.